The van der Waals surface area contributed by atoms with Crippen molar-refractivity contribution in [3.05, 3.63) is 0 Å². The zero-order valence-electron chi connectivity index (χ0n) is 8.45. The Labute approximate surface area is 83.6 Å². The normalized spacial score (nSPS) is 20.6. The lowest BCUT2D eigenvalue weighted by molar-refractivity contribution is -0.143. The molecule has 0 aliphatic carbocycles. The summed E-state index contributed by atoms with van der Waals surface area (Å²) in [7, 11) is 0. The summed E-state index contributed by atoms with van der Waals surface area (Å²) in [4.78, 5) is 21.7. The average molecular weight is 200 g/mol. The van der Waals surface area contributed by atoms with E-state index in [1.165, 1.54) is 0 Å². The fourth-order valence-electron chi connectivity index (χ4n) is 1.49. The first-order chi connectivity index (χ1) is 6.72. The Balaban J connectivity index is 2.04. The highest BCUT2D eigenvalue weighted by molar-refractivity contribution is 5.71. The summed E-state index contributed by atoms with van der Waals surface area (Å²) in [5.74, 6) is -0.289. The Kier molecular flexibility index (Phi) is 4.43. The Morgan fingerprint density at radius 1 is 1.64 bits per heavy atom. The predicted octanol–water partition coefficient (Wildman–Crippen LogP) is 1.43. The molecule has 1 aliphatic heterocycles. The van der Waals surface area contributed by atoms with Gasteiger partial charge in [0.1, 0.15) is 6.10 Å². The SMILES string of the molecule is CCOC(=O)CCC[C@H]1CCC(=O)O1. The first-order valence-electron chi connectivity index (χ1n) is 5.07. The zero-order chi connectivity index (χ0) is 10.4. The largest absolute Gasteiger partial charge is 0.466 e. The maximum Gasteiger partial charge on any atom is 0.306 e. The topological polar surface area (TPSA) is 52.6 Å². The van der Waals surface area contributed by atoms with Gasteiger partial charge in [0.15, 0.2) is 0 Å². The summed E-state index contributed by atoms with van der Waals surface area (Å²) in [5.41, 5.74) is 0. The lowest BCUT2D eigenvalue weighted by atomic mass is 10.1. The van der Waals surface area contributed by atoms with Gasteiger partial charge in [-0.1, -0.05) is 0 Å². The quantitative estimate of drug-likeness (QED) is 0.630. The number of carbonyl (C=O) groups excluding carboxylic acids is 2. The van der Waals surface area contributed by atoms with Crippen LogP contribution in [-0.2, 0) is 19.1 Å². The molecule has 0 radical (unpaired) electrons. The Morgan fingerprint density at radius 3 is 3.00 bits per heavy atom. The Bertz CT molecular complexity index is 212. The van der Waals surface area contributed by atoms with Crippen molar-refractivity contribution in [2.24, 2.45) is 0 Å². The van der Waals surface area contributed by atoms with E-state index in [1.54, 1.807) is 6.92 Å². The van der Waals surface area contributed by atoms with Gasteiger partial charge < -0.3 is 9.47 Å². The molecule has 14 heavy (non-hydrogen) atoms. The maximum absolute atomic E-state index is 11.0. The maximum atomic E-state index is 11.0. The van der Waals surface area contributed by atoms with Gasteiger partial charge in [0, 0.05) is 12.8 Å². The summed E-state index contributed by atoms with van der Waals surface area (Å²) in [5, 5.41) is 0. The highest BCUT2D eigenvalue weighted by Gasteiger charge is 2.22. The number of hydrogen-bond donors (Lipinski definition) is 0. The van der Waals surface area contributed by atoms with E-state index in [9.17, 15) is 9.59 Å². The lowest BCUT2D eigenvalue weighted by Crippen LogP contribution is -2.09. The number of esters is 2. The second kappa shape index (κ2) is 5.62. The molecule has 1 fully saturated rings. The average Bonchev–Trinajstić information content (AvgIpc) is 2.52. The molecular formula is C10H16O4. The number of ether oxygens (including phenoxy) is 2. The molecule has 0 aromatic carbocycles. The van der Waals surface area contributed by atoms with Crippen LogP contribution in [0.4, 0.5) is 0 Å². The fourth-order valence-corrected chi connectivity index (χ4v) is 1.49. The van der Waals surface area contributed by atoms with Crippen LogP contribution in [0.25, 0.3) is 0 Å². The van der Waals surface area contributed by atoms with Gasteiger partial charge in [-0.3, -0.25) is 9.59 Å². The molecule has 0 N–H and O–H groups in total. The van der Waals surface area contributed by atoms with Crippen molar-refractivity contribution < 1.29 is 19.1 Å². The van der Waals surface area contributed by atoms with Gasteiger partial charge >= 0.3 is 11.9 Å². The minimum atomic E-state index is -0.170. The first kappa shape index (κ1) is 11.0. The summed E-state index contributed by atoms with van der Waals surface area (Å²) >= 11 is 0. The summed E-state index contributed by atoms with van der Waals surface area (Å²) < 4.78 is 9.79. The van der Waals surface area contributed by atoms with E-state index in [0.29, 0.717) is 19.4 Å². The molecule has 1 saturated heterocycles. The van der Waals surface area contributed by atoms with Crippen molar-refractivity contribution in [3.63, 3.8) is 0 Å². The van der Waals surface area contributed by atoms with Crippen molar-refractivity contribution in [2.75, 3.05) is 6.61 Å². The van der Waals surface area contributed by atoms with Gasteiger partial charge in [-0.2, -0.15) is 0 Å². The third kappa shape index (κ3) is 3.77. The number of hydrogen-bond acceptors (Lipinski definition) is 4. The highest BCUT2D eigenvalue weighted by atomic mass is 16.5. The van der Waals surface area contributed by atoms with Crippen LogP contribution in [-0.4, -0.2) is 24.6 Å². The van der Waals surface area contributed by atoms with E-state index < -0.39 is 0 Å². The molecule has 0 saturated carbocycles. The van der Waals surface area contributed by atoms with Crippen LogP contribution in [0, 0.1) is 0 Å². The van der Waals surface area contributed by atoms with Crippen LogP contribution < -0.4 is 0 Å². The molecule has 4 nitrogen and oxygen atoms in total. The third-order valence-electron chi connectivity index (χ3n) is 2.18. The molecule has 4 heteroatoms. The standard InChI is InChI=1S/C10H16O4/c1-2-13-9(11)5-3-4-8-6-7-10(12)14-8/h8H,2-7H2,1H3/t8-/m0/s1. The summed E-state index contributed by atoms with van der Waals surface area (Å²) in [6.45, 7) is 2.22. The van der Waals surface area contributed by atoms with Crippen molar-refractivity contribution in [3.8, 4) is 0 Å². The molecule has 0 aromatic rings. The van der Waals surface area contributed by atoms with Crippen molar-refractivity contribution in [1.29, 1.82) is 0 Å². The van der Waals surface area contributed by atoms with Crippen LogP contribution >= 0.6 is 0 Å². The Hall–Kier alpha value is -1.06. The fraction of sp³-hybridized carbons (Fsp3) is 0.800. The van der Waals surface area contributed by atoms with E-state index in [0.717, 1.165) is 19.3 Å². The molecule has 80 valence electrons. The minimum Gasteiger partial charge on any atom is -0.466 e. The molecule has 1 aliphatic rings. The van der Waals surface area contributed by atoms with Crippen molar-refractivity contribution in [2.45, 2.75) is 45.1 Å². The van der Waals surface area contributed by atoms with Gasteiger partial charge in [0.2, 0.25) is 0 Å². The van der Waals surface area contributed by atoms with Crippen LogP contribution in [0.2, 0.25) is 0 Å². The molecule has 1 heterocycles. The minimum absolute atomic E-state index is 0.0249. The van der Waals surface area contributed by atoms with Crippen LogP contribution in [0.15, 0.2) is 0 Å². The second-order valence-corrected chi connectivity index (χ2v) is 3.35. The van der Waals surface area contributed by atoms with E-state index in [-0.39, 0.29) is 18.0 Å². The van der Waals surface area contributed by atoms with E-state index in [4.69, 9.17) is 9.47 Å². The van der Waals surface area contributed by atoms with Gasteiger partial charge in [-0.25, -0.2) is 0 Å². The molecule has 1 atom stereocenters. The summed E-state index contributed by atoms with van der Waals surface area (Å²) in [6, 6.07) is 0. The molecule has 0 bridgehead atoms. The first-order valence-corrected chi connectivity index (χ1v) is 5.07. The summed E-state index contributed by atoms with van der Waals surface area (Å²) in [6.07, 6.45) is 3.26. The predicted molar refractivity (Wildman–Crippen MR) is 49.6 cm³/mol. The molecule has 0 amide bonds. The van der Waals surface area contributed by atoms with Crippen LogP contribution in [0.1, 0.15) is 39.0 Å². The highest BCUT2D eigenvalue weighted by Crippen LogP contribution is 2.18. The third-order valence-corrected chi connectivity index (χ3v) is 2.18. The molecule has 0 spiro atoms. The van der Waals surface area contributed by atoms with E-state index >= 15 is 0 Å². The Morgan fingerprint density at radius 2 is 2.43 bits per heavy atom. The number of cyclic esters (lactones) is 1. The monoisotopic (exact) mass is 200 g/mol. The number of carbonyl (C=O) groups is 2. The molecular weight excluding hydrogens is 184 g/mol. The van der Waals surface area contributed by atoms with Crippen LogP contribution in [0.3, 0.4) is 0 Å². The van der Waals surface area contributed by atoms with Crippen molar-refractivity contribution in [1.82, 2.24) is 0 Å². The van der Waals surface area contributed by atoms with Gasteiger partial charge in [0.05, 0.1) is 6.61 Å². The second-order valence-electron chi connectivity index (χ2n) is 3.35. The van der Waals surface area contributed by atoms with Crippen molar-refractivity contribution >= 4 is 11.9 Å². The molecule has 0 aromatic heterocycles. The van der Waals surface area contributed by atoms with Gasteiger partial charge in [-0.05, 0) is 26.2 Å². The molecule has 0 unspecified atom stereocenters. The smallest absolute Gasteiger partial charge is 0.306 e. The zero-order valence-corrected chi connectivity index (χ0v) is 8.45. The van der Waals surface area contributed by atoms with Crippen LogP contribution in [0.5, 0.6) is 0 Å². The van der Waals surface area contributed by atoms with E-state index in [1.807, 2.05) is 0 Å². The molecule has 1 rings (SSSR count). The van der Waals surface area contributed by atoms with Gasteiger partial charge in [0.25, 0.3) is 0 Å². The lowest BCUT2D eigenvalue weighted by Gasteiger charge is -2.07. The van der Waals surface area contributed by atoms with E-state index in [2.05, 4.69) is 0 Å². The number of rotatable bonds is 5. The van der Waals surface area contributed by atoms with Gasteiger partial charge in [-0.15, -0.1) is 0 Å².